The molecule has 3 heteroatoms. The van der Waals surface area contributed by atoms with Crippen LogP contribution in [0.5, 0.6) is 0 Å². The Balaban J connectivity index is 2.34. The number of benzene rings is 1. The van der Waals surface area contributed by atoms with Crippen LogP contribution in [0.2, 0.25) is 0 Å². The molecule has 0 fully saturated rings. The molecule has 0 bridgehead atoms. The number of aryl methyl sites for hydroxylation is 1. The minimum absolute atomic E-state index is 0.209. The van der Waals surface area contributed by atoms with Crippen LogP contribution in [-0.4, -0.2) is 11.5 Å². The lowest BCUT2D eigenvalue weighted by Crippen LogP contribution is -2.23. The first-order valence-electron chi connectivity index (χ1n) is 6.61. The molecule has 1 heterocycles. The average molecular weight is 319 g/mol. The molecule has 100 valence electrons. The summed E-state index contributed by atoms with van der Waals surface area (Å²) in [4.78, 5) is 4.23. The Hall–Kier alpha value is -1.19. The standard InChI is InChI=1S/C16H19BrN2/c1-3-8-19-16(14-5-4-9-18-11-14)13-6-7-15(17)12(2)10-13/h4-7,9-11,16,19H,3,8H2,1-2H3. The van der Waals surface area contributed by atoms with Crippen molar-refractivity contribution in [2.45, 2.75) is 26.3 Å². The Labute approximate surface area is 123 Å². The maximum absolute atomic E-state index is 4.23. The lowest BCUT2D eigenvalue weighted by Gasteiger charge is -2.20. The quantitative estimate of drug-likeness (QED) is 0.891. The molecule has 19 heavy (non-hydrogen) atoms. The molecule has 0 radical (unpaired) electrons. The van der Waals surface area contributed by atoms with Crippen molar-refractivity contribution < 1.29 is 0 Å². The predicted octanol–water partition coefficient (Wildman–Crippen LogP) is 4.24. The topological polar surface area (TPSA) is 24.9 Å². The van der Waals surface area contributed by atoms with E-state index >= 15 is 0 Å². The van der Waals surface area contributed by atoms with Crippen molar-refractivity contribution in [2.24, 2.45) is 0 Å². The van der Waals surface area contributed by atoms with Crippen molar-refractivity contribution in [1.82, 2.24) is 10.3 Å². The van der Waals surface area contributed by atoms with Crippen molar-refractivity contribution in [3.63, 3.8) is 0 Å². The van der Waals surface area contributed by atoms with Gasteiger partial charge in [0, 0.05) is 16.9 Å². The second-order valence-electron chi connectivity index (χ2n) is 4.68. The number of hydrogen-bond donors (Lipinski definition) is 1. The van der Waals surface area contributed by atoms with Crippen molar-refractivity contribution >= 4 is 15.9 Å². The van der Waals surface area contributed by atoms with Crippen LogP contribution >= 0.6 is 15.9 Å². The molecule has 0 aliphatic heterocycles. The molecule has 1 unspecified atom stereocenters. The zero-order chi connectivity index (χ0) is 13.7. The van der Waals surface area contributed by atoms with Crippen LogP contribution in [0.25, 0.3) is 0 Å². The number of hydrogen-bond acceptors (Lipinski definition) is 2. The van der Waals surface area contributed by atoms with E-state index in [4.69, 9.17) is 0 Å². The molecule has 0 aliphatic rings. The molecule has 0 amide bonds. The fourth-order valence-corrected chi connectivity index (χ4v) is 2.36. The highest BCUT2D eigenvalue weighted by atomic mass is 79.9. The summed E-state index contributed by atoms with van der Waals surface area (Å²) in [6.45, 7) is 5.29. The molecular formula is C16H19BrN2. The maximum atomic E-state index is 4.23. The summed E-state index contributed by atoms with van der Waals surface area (Å²) in [6, 6.07) is 10.8. The normalized spacial score (nSPS) is 12.4. The molecule has 0 spiro atoms. The van der Waals surface area contributed by atoms with Crippen LogP contribution in [0.1, 0.15) is 36.1 Å². The molecule has 2 aromatic rings. The Bertz CT molecular complexity index is 526. The van der Waals surface area contributed by atoms with Gasteiger partial charge in [0.25, 0.3) is 0 Å². The van der Waals surface area contributed by atoms with Gasteiger partial charge in [0.05, 0.1) is 6.04 Å². The summed E-state index contributed by atoms with van der Waals surface area (Å²) in [5, 5.41) is 3.59. The summed E-state index contributed by atoms with van der Waals surface area (Å²) in [5.74, 6) is 0. The molecule has 0 aliphatic carbocycles. The number of halogens is 1. The Morgan fingerprint density at radius 1 is 1.26 bits per heavy atom. The highest BCUT2D eigenvalue weighted by Gasteiger charge is 2.13. The summed E-state index contributed by atoms with van der Waals surface area (Å²) in [5.41, 5.74) is 3.74. The first kappa shape index (κ1) is 14.2. The van der Waals surface area contributed by atoms with Crippen LogP contribution < -0.4 is 5.32 Å². The first-order valence-corrected chi connectivity index (χ1v) is 7.41. The lowest BCUT2D eigenvalue weighted by molar-refractivity contribution is 0.596. The summed E-state index contributed by atoms with van der Waals surface area (Å²) >= 11 is 3.55. The van der Waals surface area contributed by atoms with Crippen LogP contribution in [-0.2, 0) is 0 Å². The van der Waals surface area contributed by atoms with Gasteiger partial charge in [-0.3, -0.25) is 4.98 Å². The second kappa shape index (κ2) is 6.83. The van der Waals surface area contributed by atoms with Gasteiger partial charge < -0.3 is 5.32 Å². The van der Waals surface area contributed by atoms with E-state index in [2.05, 4.69) is 64.3 Å². The molecule has 0 saturated heterocycles. The minimum Gasteiger partial charge on any atom is -0.306 e. The van der Waals surface area contributed by atoms with Gasteiger partial charge in [-0.2, -0.15) is 0 Å². The molecule has 0 saturated carbocycles. The van der Waals surface area contributed by atoms with Crippen molar-refractivity contribution in [3.8, 4) is 0 Å². The monoisotopic (exact) mass is 318 g/mol. The maximum Gasteiger partial charge on any atom is 0.0592 e. The molecule has 1 atom stereocenters. The number of nitrogens with zero attached hydrogens (tertiary/aromatic N) is 1. The highest BCUT2D eigenvalue weighted by molar-refractivity contribution is 9.10. The SMILES string of the molecule is CCCNC(c1cccnc1)c1ccc(Br)c(C)c1. The molecule has 1 N–H and O–H groups in total. The van der Waals surface area contributed by atoms with E-state index < -0.39 is 0 Å². The number of rotatable bonds is 5. The third-order valence-corrected chi connectivity index (χ3v) is 4.02. The van der Waals surface area contributed by atoms with E-state index in [1.54, 1.807) is 0 Å². The van der Waals surface area contributed by atoms with E-state index in [1.807, 2.05) is 18.5 Å². The summed E-state index contributed by atoms with van der Waals surface area (Å²) < 4.78 is 1.15. The Kier molecular flexibility index (Phi) is 5.11. The van der Waals surface area contributed by atoms with Crippen molar-refractivity contribution in [1.29, 1.82) is 0 Å². The lowest BCUT2D eigenvalue weighted by atomic mass is 9.98. The number of pyridine rings is 1. The van der Waals surface area contributed by atoms with E-state index in [1.165, 1.54) is 16.7 Å². The molecule has 1 aromatic carbocycles. The van der Waals surface area contributed by atoms with E-state index in [0.717, 1.165) is 17.4 Å². The minimum atomic E-state index is 0.209. The number of nitrogens with one attached hydrogen (secondary N) is 1. The zero-order valence-corrected chi connectivity index (χ0v) is 12.9. The third kappa shape index (κ3) is 3.64. The van der Waals surface area contributed by atoms with Crippen LogP contribution in [0.4, 0.5) is 0 Å². The van der Waals surface area contributed by atoms with Gasteiger partial charge in [-0.05, 0) is 48.7 Å². The van der Waals surface area contributed by atoms with E-state index in [0.29, 0.717) is 0 Å². The Morgan fingerprint density at radius 2 is 2.11 bits per heavy atom. The molecule has 2 nitrogen and oxygen atoms in total. The van der Waals surface area contributed by atoms with Gasteiger partial charge in [0.2, 0.25) is 0 Å². The van der Waals surface area contributed by atoms with Gasteiger partial charge in [-0.1, -0.05) is 41.1 Å². The van der Waals surface area contributed by atoms with Crippen LogP contribution in [0, 0.1) is 6.92 Å². The second-order valence-corrected chi connectivity index (χ2v) is 5.54. The molecular weight excluding hydrogens is 300 g/mol. The average Bonchev–Trinajstić information content (AvgIpc) is 2.44. The van der Waals surface area contributed by atoms with Crippen molar-refractivity contribution in [3.05, 3.63) is 63.9 Å². The van der Waals surface area contributed by atoms with Crippen molar-refractivity contribution in [2.75, 3.05) is 6.54 Å². The zero-order valence-electron chi connectivity index (χ0n) is 11.4. The third-order valence-electron chi connectivity index (χ3n) is 3.13. The fourth-order valence-electron chi connectivity index (χ4n) is 2.11. The van der Waals surface area contributed by atoms with E-state index in [-0.39, 0.29) is 6.04 Å². The predicted molar refractivity (Wildman–Crippen MR) is 83.3 cm³/mol. The molecule has 1 aromatic heterocycles. The number of aromatic nitrogens is 1. The first-order chi connectivity index (χ1) is 9.22. The smallest absolute Gasteiger partial charge is 0.0592 e. The van der Waals surface area contributed by atoms with Gasteiger partial charge in [-0.15, -0.1) is 0 Å². The Morgan fingerprint density at radius 3 is 2.74 bits per heavy atom. The van der Waals surface area contributed by atoms with Crippen LogP contribution in [0.3, 0.4) is 0 Å². The van der Waals surface area contributed by atoms with Gasteiger partial charge in [0.1, 0.15) is 0 Å². The molecule has 2 rings (SSSR count). The summed E-state index contributed by atoms with van der Waals surface area (Å²) in [7, 11) is 0. The van der Waals surface area contributed by atoms with Gasteiger partial charge in [-0.25, -0.2) is 0 Å². The van der Waals surface area contributed by atoms with Gasteiger partial charge >= 0.3 is 0 Å². The fraction of sp³-hybridized carbons (Fsp3) is 0.312. The van der Waals surface area contributed by atoms with E-state index in [9.17, 15) is 0 Å². The largest absolute Gasteiger partial charge is 0.306 e. The van der Waals surface area contributed by atoms with Gasteiger partial charge in [0.15, 0.2) is 0 Å². The summed E-state index contributed by atoms with van der Waals surface area (Å²) in [6.07, 6.45) is 4.87. The van der Waals surface area contributed by atoms with Crippen LogP contribution in [0.15, 0.2) is 47.2 Å². The highest BCUT2D eigenvalue weighted by Crippen LogP contribution is 2.25.